The van der Waals surface area contributed by atoms with Crippen LogP contribution in [0.5, 0.6) is 0 Å². The van der Waals surface area contributed by atoms with Crippen LogP contribution in [0.25, 0.3) is 17.4 Å². The van der Waals surface area contributed by atoms with Gasteiger partial charge in [-0.15, -0.1) is 0 Å². The highest BCUT2D eigenvalue weighted by Crippen LogP contribution is 2.37. The molecule has 0 atom stereocenters. The van der Waals surface area contributed by atoms with E-state index in [1.54, 1.807) is 54.6 Å². The minimum Gasteiger partial charge on any atom is -0.457 e. The summed E-state index contributed by atoms with van der Waals surface area (Å²) in [6.07, 6.45) is 5.08. The van der Waals surface area contributed by atoms with Crippen LogP contribution in [0.3, 0.4) is 0 Å². The highest BCUT2D eigenvalue weighted by atomic mass is 32.2. The number of nitro benzene ring substituents is 1. The molecule has 36 heavy (non-hydrogen) atoms. The van der Waals surface area contributed by atoms with Crippen molar-refractivity contribution < 1.29 is 14.1 Å². The zero-order chi connectivity index (χ0) is 25.1. The molecule has 178 valence electrons. The molecule has 0 aliphatic carbocycles. The summed E-state index contributed by atoms with van der Waals surface area (Å²) in [5.41, 5.74) is 2.80. The number of aromatic nitrogens is 1. The average molecular weight is 497 g/mol. The predicted octanol–water partition coefficient (Wildman–Crippen LogP) is 6.36. The summed E-state index contributed by atoms with van der Waals surface area (Å²) in [6.45, 7) is 2.02. The highest BCUT2D eigenvalue weighted by molar-refractivity contribution is 8.18. The lowest BCUT2D eigenvalue weighted by Crippen LogP contribution is -2.28. The van der Waals surface area contributed by atoms with Gasteiger partial charge in [0.25, 0.3) is 11.6 Å². The van der Waals surface area contributed by atoms with Crippen LogP contribution in [-0.4, -0.2) is 25.9 Å². The monoisotopic (exact) mass is 496 g/mol. The van der Waals surface area contributed by atoms with E-state index in [0.29, 0.717) is 39.3 Å². The summed E-state index contributed by atoms with van der Waals surface area (Å²) in [5, 5.41) is 11.9. The third-order valence-corrected chi connectivity index (χ3v) is 6.61. The molecule has 0 bridgehead atoms. The Balaban J connectivity index is 1.47. The van der Waals surface area contributed by atoms with Gasteiger partial charge in [-0.2, -0.15) is 0 Å². The number of aliphatic imine (C=N–C) groups is 1. The molecular formula is C27H20N4O4S. The molecule has 1 amide bonds. The Labute approximate surface area is 211 Å². The van der Waals surface area contributed by atoms with Crippen LogP contribution < -0.4 is 0 Å². The van der Waals surface area contributed by atoms with Gasteiger partial charge in [-0.05, 0) is 54.6 Å². The molecule has 0 radical (unpaired) electrons. The molecule has 9 heteroatoms. The van der Waals surface area contributed by atoms with Crippen LogP contribution in [0, 0.1) is 17.0 Å². The number of nitro groups is 1. The summed E-state index contributed by atoms with van der Waals surface area (Å²) < 4.78 is 5.97. The van der Waals surface area contributed by atoms with E-state index >= 15 is 0 Å². The highest BCUT2D eigenvalue weighted by Gasteiger charge is 2.34. The number of amidine groups is 1. The Hall–Kier alpha value is -4.50. The number of hydrogen-bond donors (Lipinski definition) is 0. The normalized spacial score (nSPS) is 15.7. The lowest BCUT2D eigenvalue weighted by Gasteiger charge is -2.15. The molecule has 1 aliphatic heterocycles. The average Bonchev–Trinajstić information content (AvgIpc) is 3.46. The van der Waals surface area contributed by atoms with E-state index in [1.807, 2.05) is 42.5 Å². The lowest BCUT2D eigenvalue weighted by atomic mass is 10.1. The summed E-state index contributed by atoms with van der Waals surface area (Å²) in [7, 11) is 0. The third-order valence-electron chi connectivity index (χ3n) is 5.60. The van der Waals surface area contributed by atoms with Crippen molar-refractivity contribution in [1.29, 1.82) is 0 Å². The number of pyridine rings is 1. The van der Waals surface area contributed by atoms with Gasteiger partial charge in [-0.25, -0.2) is 4.99 Å². The molecule has 2 aromatic heterocycles. The van der Waals surface area contributed by atoms with E-state index < -0.39 is 4.92 Å². The molecule has 0 saturated carbocycles. The molecule has 1 fully saturated rings. The van der Waals surface area contributed by atoms with Crippen molar-refractivity contribution in [3.8, 4) is 11.3 Å². The van der Waals surface area contributed by atoms with Crippen LogP contribution in [0.1, 0.15) is 16.9 Å². The number of furan rings is 1. The fourth-order valence-corrected chi connectivity index (χ4v) is 4.79. The van der Waals surface area contributed by atoms with Crippen molar-refractivity contribution in [2.24, 2.45) is 4.99 Å². The molecule has 2 aromatic carbocycles. The molecule has 1 aliphatic rings. The zero-order valence-corrected chi connectivity index (χ0v) is 20.0. The molecule has 0 N–H and O–H groups in total. The van der Waals surface area contributed by atoms with Crippen LogP contribution in [-0.2, 0) is 11.3 Å². The molecular weight excluding hydrogens is 476 g/mol. The summed E-state index contributed by atoms with van der Waals surface area (Å²) >= 11 is 1.27. The van der Waals surface area contributed by atoms with E-state index in [0.717, 1.165) is 11.3 Å². The van der Waals surface area contributed by atoms with Crippen molar-refractivity contribution in [2.45, 2.75) is 13.5 Å². The summed E-state index contributed by atoms with van der Waals surface area (Å²) in [4.78, 5) is 35.2. The Bertz CT molecular complexity index is 1500. The number of para-hydroxylation sites is 1. The number of thioether (sulfide) groups is 1. The maximum Gasteiger partial charge on any atom is 0.273 e. The standard InChI is InChI=1S/C27H20N4O4S/c1-18-22(10-5-11-23(18)31(33)34)24-13-12-21(35-24)15-25-26(32)30(17-19-7-6-14-28-16-19)27(36-25)29-20-8-3-2-4-9-20/h2-16H,17H2,1H3/b25-15+,29-27?. The summed E-state index contributed by atoms with van der Waals surface area (Å²) in [6, 6.07) is 21.5. The van der Waals surface area contributed by atoms with Gasteiger partial charge in [0.1, 0.15) is 11.5 Å². The molecule has 0 spiro atoms. The predicted molar refractivity (Wildman–Crippen MR) is 139 cm³/mol. The second-order valence-electron chi connectivity index (χ2n) is 8.00. The number of benzene rings is 2. The number of nitrogens with zero attached hydrogens (tertiary/aromatic N) is 4. The molecule has 0 unspecified atom stereocenters. The Morgan fingerprint density at radius 1 is 1.08 bits per heavy atom. The van der Waals surface area contributed by atoms with Crippen LogP contribution in [0.15, 0.2) is 99.5 Å². The van der Waals surface area contributed by atoms with E-state index in [9.17, 15) is 14.9 Å². The number of hydrogen-bond acceptors (Lipinski definition) is 7. The minimum absolute atomic E-state index is 0.0261. The van der Waals surface area contributed by atoms with Crippen LogP contribution >= 0.6 is 11.8 Å². The van der Waals surface area contributed by atoms with Crippen LogP contribution in [0.2, 0.25) is 0 Å². The Kier molecular flexibility index (Phi) is 6.46. The molecule has 4 aromatic rings. The second-order valence-corrected chi connectivity index (χ2v) is 9.01. The molecule has 5 rings (SSSR count). The van der Waals surface area contributed by atoms with Crippen molar-refractivity contribution >= 4 is 40.3 Å². The minimum atomic E-state index is -0.414. The van der Waals surface area contributed by atoms with E-state index in [-0.39, 0.29) is 11.6 Å². The molecule has 8 nitrogen and oxygen atoms in total. The zero-order valence-electron chi connectivity index (χ0n) is 19.2. The SMILES string of the molecule is Cc1c(-c2ccc(/C=C3/SC(=Nc4ccccc4)N(Cc4cccnc4)C3=O)o2)cccc1[N+](=O)[O-]. The van der Waals surface area contributed by atoms with Gasteiger partial charge >= 0.3 is 0 Å². The number of amides is 1. The van der Waals surface area contributed by atoms with Crippen molar-refractivity contribution in [3.05, 3.63) is 117 Å². The van der Waals surface area contributed by atoms with Gasteiger partial charge in [0, 0.05) is 35.7 Å². The van der Waals surface area contributed by atoms with Gasteiger partial charge in [-0.3, -0.25) is 24.8 Å². The second kappa shape index (κ2) is 10.0. The Morgan fingerprint density at radius 2 is 1.92 bits per heavy atom. The van der Waals surface area contributed by atoms with Gasteiger partial charge in [0.2, 0.25) is 0 Å². The first kappa shape index (κ1) is 23.3. The topological polar surface area (TPSA) is 102 Å². The van der Waals surface area contributed by atoms with Crippen LogP contribution in [0.4, 0.5) is 11.4 Å². The molecule has 3 heterocycles. The van der Waals surface area contributed by atoms with E-state index in [1.165, 1.54) is 17.8 Å². The maximum atomic E-state index is 13.4. The number of rotatable bonds is 6. The van der Waals surface area contributed by atoms with Crippen molar-refractivity contribution in [1.82, 2.24) is 9.88 Å². The van der Waals surface area contributed by atoms with Crippen molar-refractivity contribution in [3.63, 3.8) is 0 Å². The van der Waals surface area contributed by atoms with Gasteiger partial charge in [-0.1, -0.05) is 36.4 Å². The first-order valence-corrected chi connectivity index (χ1v) is 11.9. The van der Waals surface area contributed by atoms with E-state index in [2.05, 4.69) is 4.98 Å². The first-order valence-electron chi connectivity index (χ1n) is 11.1. The Morgan fingerprint density at radius 3 is 2.67 bits per heavy atom. The number of carbonyl (C=O) groups is 1. The molecule has 1 saturated heterocycles. The van der Waals surface area contributed by atoms with Gasteiger partial charge < -0.3 is 4.42 Å². The maximum absolute atomic E-state index is 13.4. The number of carbonyl (C=O) groups excluding carboxylic acids is 1. The van der Waals surface area contributed by atoms with E-state index in [4.69, 9.17) is 9.41 Å². The third kappa shape index (κ3) is 4.82. The fraction of sp³-hybridized carbons (Fsp3) is 0.0741. The smallest absolute Gasteiger partial charge is 0.273 e. The van der Waals surface area contributed by atoms with Gasteiger partial charge in [0.05, 0.1) is 22.1 Å². The van der Waals surface area contributed by atoms with Gasteiger partial charge in [0.15, 0.2) is 5.17 Å². The first-order chi connectivity index (χ1) is 17.5. The fourth-order valence-electron chi connectivity index (χ4n) is 3.81. The quantitative estimate of drug-likeness (QED) is 0.175. The lowest BCUT2D eigenvalue weighted by molar-refractivity contribution is -0.385. The largest absolute Gasteiger partial charge is 0.457 e. The van der Waals surface area contributed by atoms with Crippen molar-refractivity contribution in [2.75, 3.05) is 0 Å². The summed E-state index contributed by atoms with van der Waals surface area (Å²) in [5.74, 6) is 0.765.